The van der Waals surface area contributed by atoms with Gasteiger partial charge in [0.2, 0.25) is 0 Å². The van der Waals surface area contributed by atoms with Crippen LogP contribution in [0, 0.1) is 11.8 Å². The molecule has 1 unspecified atom stereocenters. The molecule has 3 rings (SSSR count). The van der Waals surface area contributed by atoms with Crippen LogP contribution in [0.15, 0.2) is 33.9 Å². The molecule has 3 aliphatic heterocycles. The topological polar surface area (TPSA) is 72.8 Å². The molecule has 0 fully saturated rings. The lowest BCUT2D eigenvalue weighted by Gasteiger charge is -2.30. The second-order valence-corrected chi connectivity index (χ2v) is 6.64. The van der Waals surface area contributed by atoms with E-state index in [1.54, 1.807) is 12.2 Å². The molecule has 3 heterocycles. The Morgan fingerprint density at radius 3 is 2.79 bits per heavy atom. The zero-order valence-corrected chi connectivity index (χ0v) is 14.8. The predicted molar refractivity (Wildman–Crippen MR) is 91.1 cm³/mol. The van der Waals surface area contributed by atoms with Crippen molar-refractivity contribution in [2.75, 3.05) is 20.6 Å². The number of rotatable bonds is 3. The van der Waals surface area contributed by atoms with Crippen LogP contribution in [0.25, 0.3) is 0 Å². The van der Waals surface area contributed by atoms with E-state index in [1.807, 2.05) is 24.1 Å². The van der Waals surface area contributed by atoms with Crippen LogP contribution in [0.1, 0.15) is 27.2 Å². The van der Waals surface area contributed by atoms with Crippen LogP contribution in [0.3, 0.4) is 0 Å². The van der Waals surface area contributed by atoms with Gasteiger partial charge >= 0.3 is 5.97 Å². The number of hydrogen-bond acceptors (Lipinski definition) is 8. The Labute approximate surface area is 142 Å². The number of nitrogens with zero attached hydrogens (tertiary/aromatic N) is 5. The van der Waals surface area contributed by atoms with Crippen LogP contribution in [-0.4, -0.2) is 53.2 Å². The second kappa shape index (κ2) is 6.27. The first-order chi connectivity index (χ1) is 11.4. The first-order valence-corrected chi connectivity index (χ1v) is 8.17. The third kappa shape index (κ3) is 2.89. The molecule has 0 bridgehead atoms. The molecule has 0 spiro atoms. The van der Waals surface area contributed by atoms with E-state index >= 15 is 0 Å². The molecule has 1 N–H and O–H groups in total. The molecule has 130 valence electrons. The third-order valence-electron chi connectivity index (χ3n) is 4.29. The summed E-state index contributed by atoms with van der Waals surface area (Å²) < 4.78 is 0. The molecular formula is C16H24N6O2. The summed E-state index contributed by atoms with van der Waals surface area (Å²) in [5, 5.41) is 11.4. The smallest absolute Gasteiger partial charge is 0.352 e. The summed E-state index contributed by atoms with van der Waals surface area (Å²) in [7, 11) is 3.73. The largest absolute Gasteiger partial charge is 0.381 e. The Kier molecular flexibility index (Phi) is 4.31. The van der Waals surface area contributed by atoms with Gasteiger partial charge in [0.25, 0.3) is 0 Å². The fraction of sp³-hybridized carbons (Fsp3) is 0.562. The van der Waals surface area contributed by atoms with Gasteiger partial charge in [-0.3, -0.25) is 5.43 Å². The summed E-state index contributed by atoms with van der Waals surface area (Å²) in [6, 6.07) is 0. The zero-order chi connectivity index (χ0) is 17.4. The lowest BCUT2D eigenvalue weighted by atomic mass is 9.90. The molecular weight excluding hydrogens is 308 g/mol. The first kappa shape index (κ1) is 16.5. The molecule has 0 saturated carbocycles. The number of carbonyl (C=O) groups is 1. The fourth-order valence-corrected chi connectivity index (χ4v) is 3.09. The summed E-state index contributed by atoms with van der Waals surface area (Å²) in [6.07, 6.45) is 4.56. The first-order valence-electron chi connectivity index (χ1n) is 8.17. The summed E-state index contributed by atoms with van der Waals surface area (Å²) >= 11 is 0. The molecule has 0 saturated heterocycles. The van der Waals surface area contributed by atoms with E-state index < -0.39 is 5.97 Å². The molecule has 3 aliphatic rings. The van der Waals surface area contributed by atoms with Gasteiger partial charge in [0.05, 0.1) is 5.70 Å². The van der Waals surface area contributed by atoms with Crippen molar-refractivity contribution in [2.24, 2.45) is 22.0 Å². The molecule has 1 atom stereocenters. The molecule has 8 heteroatoms. The van der Waals surface area contributed by atoms with Crippen molar-refractivity contribution in [1.29, 1.82) is 0 Å². The van der Waals surface area contributed by atoms with E-state index in [0.29, 0.717) is 18.1 Å². The Balaban J connectivity index is 1.76. The lowest BCUT2D eigenvalue weighted by Crippen LogP contribution is -2.45. The third-order valence-corrected chi connectivity index (χ3v) is 4.29. The van der Waals surface area contributed by atoms with E-state index in [-0.39, 0.29) is 5.92 Å². The SMILES string of the molecule is CC(C)C1=NN=C(C(=O)ON2C3=C(C=CCN3C)NN2C)CC1C. The highest BCUT2D eigenvalue weighted by Gasteiger charge is 2.35. The Morgan fingerprint density at radius 1 is 1.38 bits per heavy atom. The van der Waals surface area contributed by atoms with Crippen molar-refractivity contribution in [2.45, 2.75) is 27.2 Å². The molecule has 0 aromatic heterocycles. The van der Waals surface area contributed by atoms with Crippen LogP contribution in [-0.2, 0) is 9.63 Å². The Morgan fingerprint density at radius 2 is 2.12 bits per heavy atom. The normalized spacial score (nSPS) is 24.0. The van der Waals surface area contributed by atoms with E-state index in [9.17, 15) is 4.79 Å². The highest BCUT2D eigenvalue weighted by molar-refractivity contribution is 6.37. The van der Waals surface area contributed by atoms with E-state index in [0.717, 1.165) is 23.8 Å². The van der Waals surface area contributed by atoms with Gasteiger partial charge in [-0.05, 0) is 12.0 Å². The molecule has 0 aliphatic carbocycles. The van der Waals surface area contributed by atoms with Crippen LogP contribution in [0.2, 0.25) is 0 Å². The van der Waals surface area contributed by atoms with Gasteiger partial charge in [-0.15, -0.1) is 10.2 Å². The quantitative estimate of drug-likeness (QED) is 0.839. The molecule has 0 radical (unpaired) electrons. The van der Waals surface area contributed by atoms with E-state index in [1.165, 1.54) is 5.17 Å². The van der Waals surface area contributed by atoms with Crippen molar-refractivity contribution < 1.29 is 9.63 Å². The van der Waals surface area contributed by atoms with E-state index in [4.69, 9.17) is 4.84 Å². The van der Waals surface area contributed by atoms with Gasteiger partial charge < -0.3 is 9.74 Å². The minimum Gasteiger partial charge on any atom is -0.352 e. The maximum absolute atomic E-state index is 12.5. The zero-order valence-electron chi connectivity index (χ0n) is 14.8. The highest BCUT2D eigenvalue weighted by Crippen LogP contribution is 2.25. The molecule has 24 heavy (non-hydrogen) atoms. The summed E-state index contributed by atoms with van der Waals surface area (Å²) in [5.41, 5.74) is 5.40. The standard InChI is InChI=1S/C16H24N6O2/c1-10(2)14-11(3)9-13(17-18-14)16(23)24-22-15-12(19-21(22)5)7-6-8-20(15)4/h6-7,10-11,19H,8-9H2,1-5H3. The maximum atomic E-state index is 12.5. The van der Waals surface area contributed by atoms with Crippen LogP contribution < -0.4 is 5.43 Å². The van der Waals surface area contributed by atoms with Gasteiger partial charge in [0.15, 0.2) is 11.5 Å². The minimum absolute atomic E-state index is 0.189. The number of carbonyl (C=O) groups excluding carboxylic acids is 1. The van der Waals surface area contributed by atoms with Gasteiger partial charge in [0.1, 0.15) is 0 Å². The van der Waals surface area contributed by atoms with Crippen molar-refractivity contribution in [3.8, 4) is 0 Å². The van der Waals surface area contributed by atoms with E-state index in [2.05, 4.69) is 36.4 Å². The Hall–Kier alpha value is -2.35. The van der Waals surface area contributed by atoms with Crippen molar-refractivity contribution in [1.82, 2.24) is 20.6 Å². The predicted octanol–water partition coefficient (Wildman–Crippen LogP) is 1.28. The average molecular weight is 332 g/mol. The monoisotopic (exact) mass is 332 g/mol. The number of likely N-dealkylation sites (N-methyl/N-ethyl adjacent to an activating group) is 1. The van der Waals surface area contributed by atoms with Crippen LogP contribution in [0.4, 0.5) is 0 Å². The molecule has 8 nitrogen and oxygen atoms in total. The van der Waals surface area contributed by atoms with Gasteiger partial charge in [0, 0.05) is 38.7 Å². The molecule has 0 aromatic carbocycles. The number of allylic oxidation sites excluding steroid dienone is 1. The molecule has 0 amide bonds. The van der Waals surface area contributed by atoms with Crippen molar-refractivity contribution >= 4 is 17.4 Å². The summed E-state index contributed by atoms with van der Waals surface area (Å²) in [6.45, 7) is 6.98. The number of nitrogens with one attached hydrogen (secondary N) is 1. The van der Waals surface area contributed by atoms with Crippen LogP contribution >= 0.6 is 0 Å². The minimum atomic E-state index is -0.473. The van der Waals surface area contributed by atoms with Gasteiger partial charge in [-0.25, -0.2) is 4.79 Å². The molecule has 0 aromatic rings. The highest BCUT2D eigenvalue weighted by atomic mass is 16.8. The average Bonchev–Trinajstić information content (AvgIpc) is 2.84. The summed E-state index contributed by atoms with van der Waals surface area (Å²) in [4.78, 5) is 20.1. The number of hydrazine groups is 2. The Bertz CT molecular complexity index is 663. The fourth-order valence-electron chi connectivity index (χ4n) is 3.09. The summed E-state index contributed by atoms with van der Waals surface area (Å²) in [5.74, 6) is 0.836. The van der Waals surface area contributed by atoms with Gasteiger partial charge in [-0.2, -0.15) is 5.10 Å². The second-order valence-electron chi connectivity index (χ2n) is 6.64. The van der Waals surface area contributed by atoms with Crippen LogP contribution in [0.5, 0.6) is 0 Å². The van der Waals surface area contributed by atoms with Gasteiger partial charge in [-0.1, -0.05) is 32.0 Å². The number of hydroxylamine groups is 1. The maximum Gasteiger partial charge on any atom is 0.381 e. The van der Waals surface area contributed by atoms with Crippen molar-refractivity contribution in [3.05, 3.63) is 23.7 Å². The lowest BCUT2D eigenvalue weighted by molar-refractivity contribution is -0.244. The van der Waals surface area contributed by atoms with Crippen molar-refractivity contribution in [3.63, 3.8) is 0 Å². The number of hydrogen-bond donors (Lipinski definition) is 1.